The summed E-state index contributed by atoms with van der Waals surface area (Å²) in [5.74, 6) is -0.0931. The van der Waals surface area contributed by atoms with E-state index in [2.05, 4.69) is 50.2 Å². The monoisotopic (exact) mass is 483 g/mol. The maximum absolute atomic E-state index is 15.3. The largest absolute Gasteiger partial charge is 0.494 e. The summed E-state index contributed by atoms with van der Waals surface area (Å²) in [4.78, 5) is 14.9. The van der Waals surface area contributed by atoms with Crippen molar-refractivity contribution in [3.8, 4) is 5.75 Å². The predicted molar refractivity (Wildman–Crippen MR) is 127 cm³/mol. The first-order valence-corrected chi connectivity index (χ1v) is 12.4. The van der Waals surface area contributed by atoms with E-state index in [0.717, 1.165) is 4.90 Å². The summed E-state index contributed by atoms with van der Waals surface area (Å²) in [6, 6.07) is 11.8. The van der Waals surface area contributed by atoms with Gasteiger partial charge in [-0.2, -0.15) is 5.21 Å². The molecule has 2 N–H and O–H groups in total. The highest BCUT2D eigenvalue weighted by Gasteiger charge is 2.25. The molecule has 5 rings (SSSR count). The third-order valence-electron chi connectivity index (χ3n) is 5.89. The molecular weight excluding hydrogens is 461 g/mol. The molecule has 33 heavy (non-hydrogen) atoms. The van der Waals surface area contributed by atoms with Crippen LogP contribution in [0.2, 0.25) is 0 Å². The fraction of sp³-hybridized carbons (Fsp3) is 0.304. The number of rotatable bonds is 6. The SMILES string of the molecule is COc1ccc2sc(C(=O)Nc3nn[nH]n3)c(Sc3ccc(C4CCCCC4)cc3)c2c1F. The summed E-state index contributed by atoms with van der Waals surface area (Å²) < 4.78 is 21.1. The molecule has 10 heteroatoms. The fourth-order valence-corrected chi connectivity index (χ4v) is 6.54. The van der Waals surface area contributed by atoms with E-state index in [1.165, 1.54) is 67.9 Å². The van der Waals surface area contributed by atoms with Crippen LogP contribution in [0.1, 0.15) is 53.3 Å². The Balaban J connectivity index is 1.51. The Morgan fingerprint density at radius 3 is 2.67 bits per heavy atom. The van der Waals surface area contributed by atoms with Crippen LogP contribution < -0.4 is 10.1 Å². The molecule has 0 spiro atoms. The van der Waals surface area contributed by atoms with Gasteiger partial charge in [0.1, 0.15) is 4.88 Å². The molecule has 2 aromatic carbocycles. The molecule has 2 heterocycles. The molecule has 1 aliphatic rings. The number of amides is 1. The molecule has 1 aliphatic carbocycles. The highest BCUT2D eigenvalue weighted by molar-refractivity contribution is 7.99. The first-order valence-electron chi connectivity index (χ1n) is 10.8. The molecule has 1 amide bonds. The standard InChI is InChI=1S/C23H22FN5O2S2/c1-31-16-11-12-17-18(19(16)24)20(21(33-17)22(30)25-23-26-28-29-27-23)32-15-9-7-14(8-10-15)13-5-3-2-4-6-13/h7-13H,2-6H2,1H3,(H2,25,26,27,28,29,30). The number of tetrazole rings is 1. The number of H-pyrrole nitrogens is 1. The average molecular weight is 484 g/mol. The van der Waals surface area contributed by atoms with Crippen LogP contribution in [0, 0.1) is 5.82 Å². The number of nitrogens with one attached hydrogen (secondary N) is 2. The summed E-state index contributed by atoms with van der Waals surface area (Å²) in [5.41, 5.74) is 1.34. The maximum atomic E-state index is 15.3. The van der Waals surface area contributed by atoms with Crippen molar-refractivity contribution in [1.29, 1.82) is 0 Å². The number of hydrogen-bond acceptors (Lipinski definition) is 7. The topological polar surface area (TPSA) is 92.8 Å². The first-order chi connectivity index (χ1) is 16.1. The van der Waals surface area contributed by atoms with Crippen molar-refractivity contribution in [2.75, 3.05) is 12.4 Å². The van der Waals surface area contributed by atoms with Crippen LogP contribution in [0.4, 0.5) is 10.3 Å². The van der Waals surface area contributed by atoms with Crippen molar-refractivity contribution < 1.29 is 13.9 Å². The number of aromatic amines is 1. The normalized spacial score (nSPS) is 14.5. The van der Waals surface area contributed by atoms with Gasteiger partial charge in [-0.15, -0.1) is 16.4 Å². The van der Waals surface area contributed by atoms with E-state index in [1.54, 1.807) is 12.1 Å². The maximum Gasteiger partial charge on any atom is 0.270 e. The molecule has 1 fully saturated rings. The van der Waals surface area contributed by atoms with Gasteiger partial charge >= 0.3 is 0 Å². The van der Waals surface area contributed by atoms with Gasteiger partial charge in [0.2, 0.25) is 0 Å². The summed E-state index contributed by atoms with van der Waals surface area (Å²) in [7, 11) is 1.43. The number of benzene rings is 2. The molecule has 2 aromatic heterocycles. The Hall–Kier alpha value is -2.98. The minimum Gasteiger partial charge on any atom is -0.494 e. The van der Waals surface area contributed by atoms with Crippen molar-refractivity contribution in [2.24, 2.45) is 0 Å². The van der Waals surface area contributed by atoms with Crippen molar-refractivity contribution in [1.82, 2.24) is 20.6 Å². The number of anilines is 1. The lowest BCUT2D eigenvalue weighted by atomic mass is 9.84. The Kier molecular flexibility index (Phi) is 6.28. The molecule has 0 bridgehead atoms. The van der Waals surface area contributed by atoms with E-state index in [-0.39, 0.29) is 11.7 Å². The zero-order valence-corrected chi connectivity index (χ0v) is 19.6. The molecule has 0 atom stereocenters. The second-order valence-corrected chi connectivity index (χ2v) is 10.0. The number of methoxy groups -OCH3 is 1. The lowest BCUT2D eigenvalue weighted by Gasteiger charge is -2.22. The van der Waals surface area contributed by atoms with E-state index in [9.17, 15) is 4.79 Å². The van der Waals surface area contributed by atoms with E-state index < -0.39 is 11.7 Å². The van der Waals surface area contributed by atoms with Gasteiger partial charge in [0, 0.05) is 19.9 Å². The molecular formula is C23H22FN5O2S2. The predicted octanol–water partition coefficient (Wildman–Crippen LogP) is 6.01. The van der Waals surface area contributed by atoms with Gasteiger partial charge in [0.15, 0.2) is 11.6 Å². The second-order valence-electron chi connectivity index (χ2n) is 7.91. The number of ether oxygens (including phenoxy) is 1. The van der Waals surface area contributed by atoms with Crippen molar-refractivity contribution >= 4 is 45.0 Å². The van der Waals surface area contributed by atoms with Crippen LogP contribution in [0.15, 0.2) is 46.2 Å². The van der Waals surface area contributed by atoms with Crippen molar-refractivity contribution in [3.05, 3.63) is 52.7 Å². The van der Waals surface area contributed by atoms with Gasteiger partial charge in [0.25, 0.3) is 11.9 Å². The van der Waals surface area contributed by atoms with Crippen LogP contribution >= 0.6 is 23.1 Å². The molecule has 1 saturated carbocycles. The average Bonchev–Trinajstić information content (AvgIpc) is 3.49. The zero-order valence-electron chi connectivity index (χ0n) is 17.9. The van der Waals surface area contributed by atoms with Crippen molar-refractivity contribution in [3.63, 3.8) is 0 Å². The second kappa shape index (κ2) is 9.48. The molecule has 0 unspecified atom stereocenters. The minimum absolute atomic E-state index is 0.0586. The number of nitrogens with zero attached hydrogens (tertiary/aromatic N) is 3. The van der Waals surface area contributed by atoms with Gasteiger partial charge < -0.3 is 4.74 Å². The smallest absolute Gasteiger partial charge is 0.270 e. The molecule has 0 aliphatic heterocycles. The first kappa shape index (κ1) is 21.8. The summed E-state index contributed by atoms with van der Waals surface area (Å²) in [6.45, 7) is 0. The van der Waals surface area contributed by atoms with E-state index >= 15 is 4.39 Å². The third kappa shape index (κ3) is 4.45. The lowest BCUT2D eigenvalue weighted by Crippen LogP contribution is -2.12. The van der Waals surface area contributed by atoms with Crippen LogP contribution in [-0.2, 0) is 0 Å². The number of carbonyl (C=O) groups is 1. The highest BCUT2D eigenvalue weighted by atomic mass is 32.2. The van der Waals surface area contributed by atoms with Gasteiger partial charge in [0.05, 0.1) is 7.11 Å². The van der Waals surface area contributed by atoms with E-state index in [4.69, 9.17) is 4.74 Å². The van der Waals surface area contributed by atoms with E-state index in [0.29, 0.717) is 25.8 Å². The summed E-state index contributed by atoms with van der Waals surface area (Å²) in [6.07, 6.45) is 6.34. The van der Waals surface area contributed by atoms with Crippen LogP contribution in [0.3, 0.4) is 0 Å². The van der Waals surface area contributed by atoms with Crippen LogP contribution in [0.5, 0.6) is 5.75 Å². The number of hydrogen-bond donors (Lipinski definition) is 2. The molecule has 7 nitrogen and oxygen atoms in total. The fourth-order valence-electron chi connectivity index (χ4n) is 4.25. The Morgan fingerprint density at radius 2 is 1.97 bits per heavy atom. The molecule has 4 aromatic rings. The highest BCUT2D eigenvalue weighted by Crippen LogP contribution is 2.45. The van der Waals surface area contributed by atoms with Crippen LogP contribution in [-0.4, -0.2) is 33.6 Å². The van der Waals surface area contributed by atoms with Gasteiger partial charge in [-0.25, -0.2) is 4.39 Å². The summed E-state index contributed by atoms with van der Waals surface area (Å²) in [5, 5.41) is 16.3. The Bertz CT molecular complexity index is 1270. The number of halogens is 1. The van der Waals surface area contributed by atoms with Crippen molar-refractivity contribution in [2.45, 2.75) is 47.8 Å². The molecule has 0 saturated heterocycles. The summed E-state index contributed by atoms with van der Waals surface area (Å²) >= 11 is 2.59. The molecule has 170 valence electrons. The quantitative estimate of drug-likeness (QED) is 0.349. The van der Waals surface area contributed by atoms with Gasteiger partial charge in [-0.3, -0.25) is 10.1 Å². The molecule has 0 radical (unpaired) electrons. The van der Waals surface area contributed by atoms with Gasteiger partial charge in [-0.05, 0) is 53.8 Å². The number of thiophene rings is 1. The number of fused-ring (bicyclic) bond motifs is 1. The Morgan fingerprint density at radius 1 is 1.18 bits per heavy atom. The van der Waals surface area contributed by atoms with Crippen LogP contribution in [0.25, 0.3) is 10.1 Å². The zero-order chi connectivity index (χ0) is 22.8. The number of carbonyl (C=O) groups excluding carboxylic acids is 1. The Labute approximate surface area is 198 Å². The third-order valence-corrected chi connectivity index (χ3v) is 8.29. The number of aromatic nitrogens is 4. The van der Waals surface area contributed by atoms with E-state index in [1.807, 2.05) is 0 Å². The van der Waals surface area contributed by atoms with Gasteiger partial charge in [-0.1, -0.05) is 48.3 Å². The lowest BCUT2D eigenvalue weighted by molar-refractivity contribution is 0.102. The minimum atomic E-state index is -0.480.